The molecule has 0 atom stereocenters. The number of hydrogen-bond donors (Lipinski definition) is 2. The van der Waals surface area contributed by atoms with Crippen LogP contribution in [0.3, 0.4) is 0 Å². The maximum Gasteiger partial charge on any atom is 0.407 e. The van der Waals surface area contributed by atoms with Crippen molar-refractivity contribution in [3.8, 4) is 0 Å². The summed E-state index contributed by atoms with van der Waals surface area (Å²) >= 11 is 0. The van der Waals surface area contributed by atoms with E-state index in [1.807, 2.05) is 42.5 Å². The van der Waals surface area contributed by atoms with Gasteiger partial charge in [0, 0.05) is 26.1 Å². The van der Waals surface area contributed by atoms with E-state index in [4.69, 9.17) is 9.47 Å². The van der Waals surface area contributed by atoms with E-state index < -0.39 is 6.09 Å². The summed E-state index contributed by atoms with van der Waals surface area (Å²) in [5.74, 6) is 0.759. The molecule has 0 bridgehead atoms. The molecule has 154 valence electrons. The summed E-state index contributed by atoms with van der Waals surface area (Å²) in [5, 5.41) is 5.46. The lowest BCUT2D eigenvalue weighted by atomic mass is 10.2. The lowest BCUT2D eigenvalue weighted by molar-refractivity contribution is -0.116. The molecule has 0 radical (unpaired) electrons. The number of nitrogens with one attached hydrogen (secondary N) is 2. The van der Waals surface area contributed by atoms with Crippen molar-refractivity contribution in [2.75, 3.05) is 43.1 Å². The Hall–Kier alpha value is -3.13. The topological polar surface area (TPSA) is 92.8 Å². The molecule has 1 aliphatic heterocycles. The highest BCUT2D eigenvalue weighted by Crippen LogP contribution is 2.15. The molecule has 1 fully saturated rings. The number of anilines is 2. The number of amides is 2. The average Bonchev–Trinajstić information content (AvgIpc) is 2.77. The highest BCUT2D eigenvalue weighted by molar-refractivity contribution is 5.90. The van der Waals surface area contributed by atoms with Gasteiger partial charge in [0.1, 0.15) is 12.4 Å². The minimum absolute atomic E-state index is 0.120. The molecule has 8 nitrogen and oxygen atoms in total. The lowest BCUT2D eigenvalue weighted by Gasteiger charge is -2.27. The molecular weight excluding hydrogens is 372 g/mol. The molecule has 1 aromatic heterocycles. The van der Waals surface area contributed by atoms with Gasteiger partial charge in [0.15, 0.2) is 0 Å². The predicted molar refractivity (Wildman–Crippen MR) is 110 cm³/mol. The normalized spacial score (nSPS) is 13.6. The van der Waals surface area contributed by atoms with E-state index in [1.165, 1.54) is 0 Å². The third kappa shape index (κ3) is 7.08. The van der Waals surface area contributed by atoms with Gasteiger partial charge in [0.2, 0.25) is 5.91 Å². The summed E-state index contributed by atoms with van der Waals surface area (Å²) in [6.07, 6.45) is 1.98. The van der Waals surface area contributed by atoms with Gasteiger partial charge in [-0.05, 0) is 24.1 Å². The maximum absolute atomic E-state index is 12.0. The van der Waals surface area contributed by atoms with Crippen LogP contribution >= 0.6 is 0 Å². The van der Waals surface area contributed by atoms with Crippen molar-refractivity contribution in [3.05, 3.63) is 54.2 Å². The minimum atomic E-state index is -0.489. The molecule has 0 spiro atoms. The Morgan fingerprint density at radius 1 is 1.10 bits per heavy atom. The second-order valence-electron chi connectivity index (χ2n) is 6.64. The molecule has 29 heavy (non-hydrogen) atoms. The number of alkyl carbamates (subject to hydrolysis) is 1. The molecule has 8 heteroatoms. The third-order valence-electron chi connectivity index (χ3n) is 4.43. The van der Waals surface area contributed by atoms with Gasteiger partial charge in [-0.1, -0.05) is 30.3 Å². The Bertz CT molecular complexity index is 777. The SMILES string of the molecule is O=C(CCCNC(=O)OCc1ccccc1)Nc1ccc(N2CCOCC2)nc1. The number of carbonyl (C=O) groups is 2. The summed E-state index contributed by atoms with van der Waals surface area (Å²) in [6.45, 7) is 3.64. The Balaban J connectivity index is 1.30. The number of ether oxygens (including phenoxy) is 2. The first-order valence-corrected chi connectivity index (χ1v) is 9.74. The fraction of sp³-hybridized carbons (Fsp3) is 0.381. The second-order valence-corrected chi connectivity index (χ2v) is 6.64. The van der Waals surface area contributed by atoms with Crippen LogP contribution in [0.25, 0.3) is 0 Å². The van der Waals surface area contributed by atoms with Crippen LogP contribution in [0, 0.1) is 0 Å². The van der Waals surface area contributed by atoms with Gasteiger partial charge >= 0.3 is 6.09 Å². The van der Waals surface area contributed by atoms with Crippen LogP contribution in [0.15, 0.2) is 48.7 Å². The van der Waals surface area contributed by atoms with Gasteiger partial charge in [-0.25, -0.2) is 9.78 Å². The van der Waals surface area contributed by atoms with Crippen LogP contribution in [-0.2, 0) is 20.9 Å². The van der Waals surface area contributed by atoms with E-state index in [-0.39, 0.29) is 12.5 Å². The van der Waals surface area contributed by atoms with Gasteiger partial charge in [-0.15, -0.1) is 0 Å². The zero-order chi connectivity index (χ0) is 20.3. The van der Waals surface area contributed by atoms with E-state index >= 15 is 0 Å². The van der Waals surface area contributed by atoms with Gasteiger partial charge in [0.25, 0.3) is 0 Å². The van der Waals surface area contributed by atoms with Crippen LogP contribution < -0.4 is 15.5 Å². The van der Waals surface area contributed by atoms with Crippen molar-refractivity contribution < 1.29 is 19.1 Å². The molecule has 2 amide bonds. The number of carbonyl (C=O) groups excluding carboxylic acids is 2. The molecule has 0 saturated carbocycles. The number of benzene rings is 1. The van der Waals surface area contributed by atoms with Crippen LogP contribution in [0.1, 0.15) is 18.4 Å². The van der Waals surface area contributed by atoms with Crippen LogP contribution in [0.5, 0.6) is 0 Å². The quantitative estimate of drug-likeness (QED) is 0.664. The molecule has 3 rings (SSSR count). The average molecular weight is 398 g/mol. The molecule has 1 aromatic carbocycles. The zero-order valence-electron chi connectivity index (χ0n) is 16.3. The van der Waals surface area contributed by atoms with Gasteiger partial charge in [-0.2, -0.15) is 0 Å². The van der Waals surface area contributed by atoms with Crippen LogP contribution in [0.4, 0.5) is 16.3 Å². The van der Waals surface area contributed by atoms with E-state index in [9.17, 15) is 9.59 Å². The molecule has 2 heterocycles. The number of rotatable bonds is 8. The standard InChI is InChI=1S/C21H26N4O4/c26-20(7-4-10-22-21(27)29-16-17-5-2-1-3-6-17)24-18-8-9-19(23-15-18)25-11-13-28-14-12-25/h1-3,5-6,8-9,15H,4,7,10-14,16H2,(H,22,27)(H,24,26). The molecule has 0 unspecified atom stereocenters. The summed E-state index contributed by atoms with van der Waals surface area (Å²) in [7, 11) is 0. The van der Waals surface area contributed by atoms with Crippen molar-refractivity contribution in [2.45, 2.75) is 19.4 Å². The van der Waals surface area contributed by atoms with E-state index in [2.05, 4.69) is 20.5 Å². The van der Waals surface area contributed by atoms with Crippen molar-refractivity contribution in [3.63, 3.8) is 0 Å². The Morgan fingerprint density at radius 2 is 1.90 bits per heavy atom. The Labute approximate surface area is 170 Å². The van der Waals surface area contributed by atoms with Gasteiger partial charge in [-0.3, -0.25) is 4.79 Å². The summed E-state index contributed by atoms with van der Waals surface area (Å²) in [4.78, 5) is 30.3. The fourth-order valence-electron chi connectivity index (χ4n) is 2.88. The highest BCUT2D eigenvalue weighted by atomic mass is 16.5. The number of aromatic nitrogens is 1. The van der Waals surface area contributed by atoms with E-state index in [0.717, 1.165) is 24.5 Å². The first-order chi connectivity index (χ1) is 14.2. The van der Waals surface area contributed by atoms with Crippen molar-refractivity contribution in [1.29, 1.82) is 0 Å². The predicted octanol–water partition coefficient (Wildman–Crippen LogP) is 2.56. The maximum atomic E-state index is 12.0. The van der Waals surface area contributed by atoms with E-state index in [1.54, 1.807) is 6.20 Å². The first kappa shape index (κ1) is 20.6. The third-order valence-corrected chi connectivity index (χ3v) is 4.43. The molecular formula is C21H26N4O4. The van der Waals surface area contributed by atoms with Crippen molar-refractivity contribution >= 4 is 23.5 Å². The van der Waals surface area contributed by atoms with Crippen LogP contribution in [0.2, 0.25) is 0 Å². The van der Waals surface area contributed by atoms with Gasteiger partial charge < -0.3 is 25.0 Å². The molecule has 2 N–H and O–H groups in total. The molecule has 1 saturated heterocycles. The monoisotopic (exact) mass is 398 g/mol. The minimum Gasteiger partial charge on any atom is -0.445 e. The summed E-state index contributed by atoms with van der Waals surface area (Å²) in [6, 6.07) is 13.2. The largest absolute Gasteiger partial charge is 0.445 e. The fourth-order valence-corrected chi connectivity index (χ4v) is 2.88. The summed E-state index contributed by atoms with van der Waals surface area (Å²) in [5.41, 5.74) is 1.58. The summed E-state index contributed by atoms with van der Waals surface area (Å²) < 4.78 is 10.5. The number of nitrogens with zero attached hydrogens (tertiary/aromatic N) is 2. The number of morpholine rings is 1. The smallest absolute Gasteiger partial charge is 0.407 e. The van der Waals surface area contributed by atoms with E-state index in [0.29, 0.717) is 38.3 Å². The Kier molecular flexibility index (Phi) is 7.82. The number of hydrogen-bond acceptors (Lipinski definition) is 6. The molecule has 1 aliphatic rings. The first-order valence-electron chi connectivity index (χ1n) is 9.74. The second kappa shape index (κ2) is 11.0. The van der Waals surface area contributed by atoms with Gasteiger partial charge in [0.05, 0.1) is 25.1 Å². The molecule has 2 aromatic rings. The number of pyridine rings is 1. The molecule has 0 aliphatic carbocycles. The van der Waals surface area contributed by atoms with Crippen molar-refractivity contribution in [2.24, 2.45) is 0 Å². The Morgan fingerprint density at radius 3 is 2.62 bits per heavy atom. The van der Waals surface area contributed by atoms with Crippen molar-refractivity contribution in [1.82, 2.24) is 10.3 Å². The van der Waals surface area contributed by atoms with Crippen LogP contribution in [-0.4, -0.2) is 49.8 Å². The highest BCUT2D eigenvalue weighted by Gasteiger charge is 2.12. The zero-order valence-corrected chi connectivity index (χ0v) is 16.3. The lowest BCUT2D eigenvalue weighted by Crippen LogP contribution is -2.36.